The van der Waals surface area contributed by atoms with Gasteiger partial charge in [-0.3, -0.25) is 0 Å². The molecule has 0 saturated heterocycles. The molecule has 1 aromatic carbocycles. The van der Waals surface area contributed by atoms with E-state index in [-0.39, 0.29) is 0 Å². The van der Waals surface area contributed by atoms with E-state index >= 15 is 0 Å². The average Bonchev–Trinajstić information content (AvgIpc) is 3.19. The summed E-state index contributed by atoms with van der Waals surface area (Å²) in [6.07, 6.45) is 15.7. The molecule has 35 heavy (non-hydrogen) atoms. The lowest BCUT2D eigenvalue weighted by Gasteiger charge is -2.62. The Bertz CT molecular complexity index is 837. The normalized spacial score (nSPS) is 43.9. The van der Waals surface area contributed by atoms with Crippen LogP contribution < -0.4 is 0 Å². The number of benzene rings is 1. The summed E-state index contributed by atoms with van der Waals surface area (Å²) >= 11 is 9.19. The summed E-state index contributed by atoms with van der Waals surface area (Å²) in [5.74, 6) is 6.38. The highest BCUT2D eigenvalue weighted by atomic mass is 35.5. The maximum atomic E-state index is 7.10. The second-order valence-electron chi connectivity index (χ2n) is 14.0. The van der Waals surface area contributed by atoms with Gasteiger partial charge in [0.05, 0.1) is 0 Å². The summed E-state index contributed by atoms with van der Waals surface area (Å²) in [5, 5.41) is 0.899. The van der Waals surface area contributed by atoms with Crippen LogP contribution in [0.3, 0.4) is 0 Å². The van der Waals surface area contributed by atoms with E-state index in [0.717, 1.165) is 41.4 Å². The number of hydrogen-bond acceptors (Lipinski definition) is 1. The van der Waals surface area contributed by atoms with Gasteiger partial charge in [-0.1, -0.05) is 72.1 Å². The predicted molar refractivity (Wildman–Crippen MR) is 154 cm³/mol. The van der Waals surface area contributed by atoms with Crippen molar-refractivity contribution in [2.75, 3.05) is 0 Å². The molecule has 4 saturated carbocycles. The summed E-state index contributed by atoms with van der Waals surface area (Å²) < 4.78 is 0. The van der Waals surface area contributed by atoms with E-state index in [1.165, 1.54) is 75.5 Å². The molecule has 0 bridgehead atoms. The highest BCUT2D eigenvalue weighted by Crippen LogP contribution is 2.69. The maximum Gasteiger partial charge on any atom is 0.0461 e. The minimum Gasteiger partial charge on any atom is -0.122 e. The van der Waals surface area contributed by atoms with Gasteiger partial charge in [0.25, 0.3) is 0 Å². The third-order valence-electron chi connectivity index (χ3n) is 11.9. The molecule has 0 aromatic heterocycles. The first-order valence-corrected chi connectivity index (χ1v) is 16.4. The Kier molecular flexibility index (Phi) is 7.98. The first-order valence-electron chi connectivity index (χ1n) is 15.1. The Labute approximate surface area is 226 Å². The fourth-order valence-corrected chi connectivity index (χ4v) is 12.1. The van der Waals surface area contributed by atoms with Crippen molar-refractivity contribution in [2.45, 2.75) is 121 Å². The molecule has 0 nitrogen and oxygen atoms in total. The van der Waals surface area contributed by atoms with Crippen molar-refractivity contribution >= 4 is 23.4 Å². The van der Waals surface area contributed by atoms with Crippen molar-refractivity contribution in [3.05, 3.63) is 30.3 Å². The largest absolute Gasteiger partial charge is 0.122 e. The monoisotopic (exact) mass is 514 g/mol. The van der Waals surface area contributed by atoms with Crippen LogP contribution in [0.2, 0.25) is 0 Å². The lowest BCUT2D eigenvalue weighted by Crippen LogP contribution is -2.57. The molecule has 0 aliphatic heterocycles. The summed E-state index contributed by atoms with van der Waals surface area (Å²) in [7, 11) is 0. The molecule has 0 heterocycles. The Morgan fingerprint density at radius 1 is 0.829 bits per heavy atom. The van der Waals surface area contributed by atoms with Gasteiger partial charge >= 0.3 is 0 Å². The average molecular weight is 515 g/mol. The molecule has 2 heteroatoms. The second kappa shape index (κ2) is 10.6. The molecule has 4 aliphatic rings. The van der Waals surface area contributed by atoms with Crippen LogP contribution in [-0.2, 0) is 0 Å². The molecular formula is C33H51ClS. The van der Waals surface area contributed by atoms with E-state index in [1.54, 1.807) is 0 Å². The number of thioether (sulfide) groups is 1. The Morgan fingerprint density at radius 3 is 2.26 bits per heavy atom. The third-order valence-corrected chi connectivity index (χ3v) is 14.0. The van der Waals surface area contributed by atoms with Crippen molar-refractivity contribution in [3.63, 3.8) is 0 Å². The molecule has 4 aliphatic carbocycles. The molecule has 4 fully saturated rings. The fraction of sp³-hybridized carbons (Fsp3) is 0.818. The Hall–Kier alpha value is -0.140. The SMILES string of the molecule is CC(C)CCC[C@@H](C)[C@H]1CC[C@H]2[C@@H]3CC[C@H]4[C@@H](Sc5ccccc5)C(Cl)CC[C@]4(C)[C@H]3CC[C@]12C. The number of halogens is 1. The molecule has 5 rings (SSSR count). The van der Waals surface area contributed by atoms with Crippen LogP contribution in [0.1, 0.15) is 105 Å². The standard InChI is InChI=1S/C33H51ClS/c1-22(2)10-9-11-23(3)26-16-17-27-25-14-15-29-31(35-24-12-7-6-8-13-24)30(34)19-21-33(29,5)28(25)18-20-32(26,27)4/h6-8,12-13,22-23,25-31H,9-11,14-21H2,1-5H3/t23-,25+,26-,27+,28+,29+,30?,31-,32-,33-/m1/s1. The second-order valence-corrected chi connectivity index (χ2v) is 15.9. The van der Waals surface area contributed by atoms with Crippen molar-refractivity contribution in [3.8, 4) is 0 Å². The first-order chi connectivity index (χ1) is 16.7. The minimum absolute atomic E-state index is 0.325. The van der Waals surface area contributed by atoms with Gasteiger partial charge in [-0.15, -0.1) is 23.4 Å². The Balaban J connectivity index is 1.31. The lowest BCUT2D eigenvalue weighted by atomic mass is 9.44. The number of hydrogen-bond donors (Lipinski definition) is 0. The summed E-state index contributed by atoms with van der Waals surface area (Å²) in [5.41, 5.74) is 1.09. The summed E-state index contributed by atoms with van der Waals surface area (Å²) in [4.78, 5) is 1.41. The van der Waals surface area contributed by atoms with Gasteiger partial charge in [-0.05, 0) is 116 Å². The van der Waals surface area contributed by atoms with Crippen LogP contribution >= 0.6 is 23.4 Å². The van der Waals surface area contributed by atoms with Gasteiger partial charge in [-0.25, -0.2) is 0 Å². The van der Waals surface area contributed by atoms with E-state index in [2.05, 4.69) is 76.7 Å². The number of fused-ring (bicyclic) bond motifs is 5. The van der Waals surface area contributed by atoms with Gasteiger partial charge < -0.3 is 0 Å². The minimum atomic E-state index is 0.325. The molecule has 196 valence electrons. The number of rotatable bonds is 7. The first kappa shape index (κ1) is 26.5. The van der Waals surface area contributed by atoms with Gasteiger partial charge in [-0.2, -0.15) is 0 Å². The van der Waals surface area contributed by atoms with Crippen molar-refractivity contribution in [1.82, 2.24) is 0 Å². The molecule has 0 amide bonds. The zero-order valence-electron chi connectivity index (χ0n) is 23.1. The molecule has 1 unspecified atom stereocenters. The van der Waals surface area contributed by atoms with Gasteiger partial charge in [0.15, 0.2) is 0 Å². The zero-order chi connectivity index (χ0) is 24.8. The van der Waals surface area contributed by atoms with Crippen LogP contribution in [-0.4, -0.2) is 10.6 Å². The summed E-state index contributed by atoms with van der Waals surface area (Å²) in [6, 6.07) is 11.1. The smallest absolute Gasteiger partial charge is 0.0461 e. The Morgan fingerprint density at radius 2 is 1.51 bits per heavy atom. The zero-order valence-corrected chi connectivity index (χ0v) is 24.7. The van der Waals surface area contributed by atoms with Crippen molar-refractivity contribution in [1.29, 1.82) is 0 Å². The van der Waals surface area contributed by atoms with Crippen LogP contribution in [0.15, 0.2) is 35.2 Å². The quantitative estimate of drug-likeness (QED) is 0.326. The highest BCUT2D eigenvalue weighted by Gasteiger charge is 2.62. The fourth-order valence-electron chi connectivity index (χ4n) is 10.1. The molecule has 0 radical (unpaired) electrons. The molecule has 0 spiro atoms. The molecule has 10 atom stereocenters. The highest BCUT2D eigenvalue weighted by molar-refractivity contribution is 8.00. The summed E-state index contributed by atoms with van der Waals surface area (Å²) in [6.45, 7) is 12.8. The van der Waals surface area contributed by atoms with Crippen molar-refractivity contribution < 1.29 is 0 Å². The topological polar surface area (TPSA) is 0 Å². The predicted octanol–water partition coefficient (Wildman–Crippen LogP) is 10.5. The van der Waals surface area contributed by atoms with Crippen molar-refractivity contribution in [2.24, 2.45) is 52.3 Å². The molecular weight excluding hydrogens is 464 g/mol. The third kappa shape index (κ3) is 4.89. The number of alkyl halides is 1. The lowest BCUT2D eigenvalue weighted by molar-refractivity contribution is -0.112. The van der Waals surface area contributed by atoms with E-state index in [0.29, 0.717) is 21.5 Å². The van der Waals surface area contributed by atoms with Crippen LogP contribution in [0, 0.1) is 52.3 Å². The van der Waals surface area contributed by atoms with Crippen LogP contribution in [0.4, 0.5) is 0 Å². The molecule has 1 aromatic rings. The van der Waals surface area contributed by atoms with Gasteiger partial charge in [0.2, 0.25) is 0 Å². The van der Waals surface area contributed by atoms with Gasteiger partial charge in [0.1, 0.15) is 0 Å². The van der Waals surface area contributed by atoms with E-state index in [9.17, 15) is 0 Å². The molecule has 0 N–H and O–H groups in total. The van der Waals surface area contributed by atoms with Gasteiger partial charge in [0, 0.05) is 15.5 Å². The van der Waals surface area contributed by atoms with Crippen LogP contribution in [0.25, 0.3) is 0 Å². The van der Waals surface area contributed by atoms with E-state index in [1.807, 2.05) is 0 Å². The van der Waals surface area contributed by atoms with E-state index in [4.69, 9.17) is 11.6 Å². The van der Waals surface area contributed by atoms with Crippen LogP contribution in [0.5, 0.6) is 0 Å². The van der Waals surface area contributed by atoms with E-state index < -0.39 is 0 Å². The maximum absolute atomic E-state index is 7.10.